The van der Waals surface area contributed by atoms with Crippen LogP contribution in [0.25, 0.3) is 22.3 Å². The summed E-state index contributed by atoms with van der Waals surface area (Å²) in [5.74, 6) is -4.06. The summed E-state index contributed by atoms with van der Waals surface area (Å²) in [6.07, 6.45) is -1.30. The van der Waals surface area contributed by atoms with Crippen molar-refractivity contribution in [2.24, 2.45) is 0 Å². The van der Waals surface area contributed by atoms with E-state index in [1.165, 1.54) is 76.5 Å². The van der Waals surface area contributed by atoms with E-state index in [4.69, 9.17) is 61.1 Å². The number of fused-ring (bicyclic) bond motifs is 2. The van der Waals surface area contributed by atoms with Gasteiger partial charge in [-0.25, -0.2) is 29.9 Å². The van der Waals surface area contributed by atoms with Gasteiger partial charge in [0.25, 0.3) is 0 Å². The van der Waals surface area contributed by atoms with E-state index in [9.17, 15) is 38.4 Å². The van der Waals surface area contributed by atoms with E-state index in [1.54, 1.807) is 9.13 Å². The predicted molar refractivity (Wildman–Crippen MR) is 251 cm³/mol. The number of ether oxygens (including phenoxy) is 8. The Hall–Kier alpha value is -5.86. The largest absolute Gasteiger partial charge is 0.462 e. The van der Waals surface area contributed by atoms with Crippen molar-refractivity contribution in [1.82, 2.24) is 39.0 Å². The molecular formula is C42H54Cl2N8O16S2. The van der Waals surface area contributed by atoms with Crippen molar-refractivity contribution in [3.05, 3.63) is 35.6 Å². The topological polar surface area (TPSA) is 298 Å². The number of rotatable bonds is 24. The zero-order valence-corrected chi connectivity index (χ0v) is 43.0. The van der Waals surface area contributed by atoms with Crippen LogP contribution in [-0.2, 0) is 76.3 Å². The predicted octanol–water partition coefficient (Wildman–Crippen LogP) is 4.96. The third-order valence-corrected chi connectivity index (χ3v) is 11.9. The number of aromatic nitrogens is 8. The lowest BCUT2D eigenvalue weighted by atomic mass is 10.0. The molecule has 0 aliphatic carbocycles. The van der Waals surface area contributed by atoms with Gasteiger partial charge in [0.15, 0.2) is 46.0 Å². The van der Waals surface area contributed by atoms with Crippen LogP contribution in [0.2, 0.25) is 10.3 Å². The number of hydrogen-bond donors (Lipinski definition) is 0. The fraction of sp³-hybridized carbons (Fsp3) is 0.571. The minimum absolute atomic E-state index is 0.0982. The van der Waals surface area contributed by atoms with Gasteiger partial charge in [-0.15, -0.1) is 23.5 Å². The minimum Gasteiger partial charge on any atom is -0.462 e. The summed E-state index contributed by atoms with van der Waals surface area (Å²) < 4.78 is 46.1. The van der Waals surface area contributed by atoms with Crippen molar-refractivity contribution < 1.29 is 76.3 Å². The first kappa shape index (κ1) is 58.5. The Balaban J connectivity index is 0.000000370. The van der Waals surface area contributed by atoms with Gasteiger partial charge in [-0.3, -0.25) is 38.4 Å². The van der Waals surface area contributed by atoms with Crippen LogP contribution in [0.1, 0.15) is 92.8 Å². The molecule has 8 atom stereocenters. The summed E-state index contributed by atoms with van der Waals surface area (Å²) in [4.78, 5) is 119. The Morgan fingerprint density at radius 2 is 0.786 bits per heavy atom. The molecule has 0 spiro atoms. The number of carbonyl (C=O) groups excluding carboxylic acids is 8. The maximum Gasteiger partial charge on any atom is 0.303 e. The van der Waals surface area contributed by atoms with Gasteiger partial charge in [0, 0.05) is 68.2 Å². The summed E-state index contributed by atoms with van der Waals surface area (Å²) in [6.45, 7) is 12.5. The highest BCUT2D eigenvalue weighted by molar-refractivity contribution is 7.99. The highest BCUT2D eigenvalue weighted by atomic mass is 35.5. The van der Waals surface area contributed by atoms with Crippen LogP contribution < -0.4 is 0 Å². The molecule has 0 bridgehead atoms. The number of nitrogens with zero attached hydrogens (tertiary/aromatic N) is 8. The number of imidazole rings is 2. The molecule has 0 aliphatic heterocycles. The van der Waals surface area contributed by atoms with E-state index in [2.05, 4.69) is 29.9 Å². The van der Waals surface area contributed by atoms with Gasteiger partial charge >= 0.3 is 47.8 Å². The molecule has 0 radical (unpaired) electrons. The minimum atomic E-state index is -1.27. The van der Waals surface area contributed by atoms with Gasteiger partial charge in [-0.05, 0) is 11.5 Å². The lowest BCUT2D eigenvalue weighted by Gasteiger charge is -2.33. The van der Waals surface area contributed by atoms with Gasteiger partial charge in [-0.1, -0.05) is 37.0 Å². The average molecular weight is 1060 g/mol. The van der Waals surface area contributed by atoms with Crippen LogP contribution in [0.4, 0.5) is 0 Å². The van der Waals surface area contributed by atoms with Crippen LogP contribution in [0.5, 0.6) is 0 Å². The van der Waals surface area contributed by atoms with Crippen LogP contribution >= 0.6 is 46.7 Å². The van der Waals surface area contributed by atoms with Crippen molar-refractivity contribution in [2.75, 3.05) is 24.7 Å². The van der Waals surface area contributed by atoms with E-state index in [0.29, 0.717) is 33.8 Å². The normalized spacial score (nSPS) is 14.5. The van der Waals surface area contributed by atoms with Crippen molar-refractivity contribution in [3.8, 4) is 0 Å². The fourth-order valence-corrected chi connectivity index (χ4v) is 9.09. The van der Waals surface area contributed by atoms with E-state index < -0.39 is 108 Å². The average Bonchev–Trinajstić information content (AvgIpc) is 3.90. The second-order valence-electron chi connectivity index (χ2n) is 14.6. The molecule has 4 aromatic heterocycles. The molecule has 4 aromatic rings. The van der Waals surface area contributed by atoms with Crippen molar-refractivity contribution in [1.29, 1.82) is 0 Å². The molecule has 384 valence electrons. The van der Waals surface area contributed by atoms with E-state index in [-0.39, 0.29) is 23.1 Å². The molecule has 24 nitrogen and oxygen atoms in total. The molecule has 28 heteroatoms. The highest BCUT2D eigenvalue weighted by Crippen LogP contribution is 2.36. The Morgan fingerprint density at radius 1 is 0.471 bits per heavy atom. The van der Waals surface area contributed by atoms with Gasteiger partial charge in [-0.2, -0.15) is 0 Å². The second-order valence-corrected chi connectivity index (χ2v) is 18.2. The molecule has 0 aromatic carbocycles. The molecule has 8 unspecified atom stereocenters. The lowest BCUT2D eigenvalue weighted by molar-refractivity contribution is -0.189. The van der Waals surface area contributed by atoms with E-state index in [0.717, 1.165) is 27.7 Å². The van der Waals surface area contributed by atoms with Gasteiger partial charge in [0.05, 0.1) is 23.4 Å². The molecule has 0 fully saturated rings. The van der Waals surface area contributed by atoms with Gasteiger partial charge < -0.3 is 47.0 Å². The quantitative estimate of drug-likeness (QED) is 0.0509. The zero-order chi connectivity index (χ0) is 52.2. The Labute approximate surface area is 420 Å². The molecule has 4 heterocycles. The monoisotopic (exact) mass is 1060 g/mol. The Bertz CT molecular complexity index is 2300. The molecule has 0 N–H and O–H groups in total. The molecule has 0 aliphatic rings. The number of esters is 8. The van der Waals surface area contributed by atoms with Crippen LogP contribution in [0, 0.1) is 0 Å². The van der Waals surface area contributed by atoms with Gasteiger partial charge in [0.2, 0.25) is 0 Å². The van der Waals surface area contributed by atoms with Crippen molar-refractivity contribution >= 4 is 117 Å². The SMILES string of the molecule is CCSC(CC(OC(C)=O)C(OC(C)=O)C(COC(C)=O)OC(C)=O)n1cnc2c(Cl)ncnc21.CCSC(CC(OC(C)=O)C(OC(C)=O)C(COC(C)=O)OC(C)=O)n1cnc2c(Cl)ncnc21. The summed E-state index contributed by atoms with van der Waals surface area (Å²) >= 11 is 15.2. The van der Waals surface area contributed by atoms with Crippen molar-refractivity contribution in [2.45, 2.75) is 129 Å². The third kappa shape index (κ3) is 18.5. The molecule has 0 saturated carbocycles. The molecule has 0 saturated heterocycles. The van der Waals surface area contributed by atoms with Gasteiger partial charge in [0.1, 0.15) is 49.1 Å². The first-order chi connectivity index (χ1) is 33.1. The molecule has 4 rings (SSSR count). The Kier molecular flexibility index (Phi) is 24.0. The second kappa shape index (κ2) is 28.7. The number of halogens is 2. The van der Waals surface area contributed by atoms with E-state index in [1.807, 2.05) is 13.8 Å². The Morgan fingerprint density at radius 3 is 1.07 bits per heavy atom. The smallest absolute Gasteiger partial charge is 0.303 e. The summed E-state index contributed by atoms with van der Waals surface area (Å²) in [7, 11) is 0. The zero-order valence-electron chi connectivity index (χ0n) is 39.9. The number of hydrogen-bond acceptors (Lipinski definition) is 24. The van der Waals surface area contributed by atoms with Crippen LogP contribution in [0.15, 0.2) is 25.3 Å². The van der Waals surface area contributed by atoms with Crippen LogP contribution in [0.3, 0.4) is 0 Å². The lowest BCUT2D eigenvalue weighted by Crippen LogP contribution is -2.48. The highest BCUT2D eigenvalue weighted by Gasteiger charge is 2.41. The molecular weight excluding hydrogens is 1010 g/mol. The first-order valence-corrected chi connectivity index (χ1v) is 24.1. The summed E-state index contributed by atoms with van der Waals surface area (Å²) in [5, 5.41) is -0.464. The fourth-order valence-electron chi connectivity index (χ4n) is 6.68. The van der Waals surface area contributed by atoms with Crippen LogP contribution in [-0.4, -0.2) is 148 Å². The summed E-state index contributed by atoms with van der Waals surface area (Å²) in [5.41, 5.74) is 1.70. The number of thioether (sulfide) groups is 2. The standard InChI is InChI=1S/2C21H27ClN4O8S/c2*1-6-35-17(26-10-25-18-20(22)23-9-24-21(18)26)7-15(32-12(3)28)19(34-14(5)30)16(33-13(4)29)8-31-11(2)27/h2*9-10,15-17,19H,6-8H2,1-5H3. The summed E-state index contributed by atoms with van der Waals surface area (Å²) in [6, 6.07) is 0. The molecule has 70 heavy (non-hydrogen) atoms. The van der Waals surface area contributed by atoms with Crippen molar-refractivity contribution in [3.63, 3.8) is 0 Å². The molecule has 0 amide bonds. The maximum absolute atomic E-state index is 12.0. The maximum atomic E-state index is 12.0. The number of carbonyl (C=O) groups is 8. The third-order valence-electron chi connectivity index (χ3n) is 9.08. The first-order valence-electron chi connectivity index (χ1n) is 21.3. The van der Waals surface area contributed by atoms with E-state index >= 15 is 0 Å².